The first-order valence-electron chi connectivity index (χ1n) is 10.5. The van der Waals surface area contributed by atoms with Crippen LogP contribution in [-0.2, 0) is 14.9 Å². The quantitative estimate of drug-likeness (QED) is 0.184. The Kier molecular flexibility index (Phi) is 7.32. The van der Waals surface area contributed by atoms with E-state index >= 15 is 0 Å². The van der Waals surface area contributed by atoms with Crippen molar-refractivity contribution in [3.05, 3.63) is 35.4 Å². The van der Waals surface area contributed by atoms with Gasteiger partial charge in [-0.3, -0.25) is 14.5 Å². The second-order valence-corrected chi connectivity index (χ2v) is 8.30. The number of nitrogens with two attached hydrogens (primary N) is 1. The molecule has 1 aromatic rings. The van der Waals surface area contributed by atoms with E-state index in [1.165, 1.54) is 11.9 Å². The first-order chi connectivity index (χ1) is 14.0. The summed E-state index contributed by atoms with van der Waals surface area (Å²) in [4.78, 5) is 16.2. The van der Waals surface area contributed by atoms with Gasteiger partial charge in [0.15, 0.2) is 0 Å². The highest BCUT2D eigenvalue weighted by molar-refractivity contribution is 6.42. The van der Waals surface area contributed by atoms with Crippen LogP contribution in [0.15, 0.2) is 29.3 Å². The first-order valence-corrected chi connectivity index (χ1v) is 10.5. The Morgan fingerprint density at radius 1 is 1.21 bits per heavy atom. The Hall–Kier alpha value is -1.90. The summed E-state index contributed by atoms with van der Waals surface area (Å²) in [6, 6.07) is 7.81. The van der Waals surface area contributed by atoms with Gasteiger partial charge in [-0.25, -0.2) is 5.48 Å². The number of benzene rings is 1. The van der Waals surface area contributed by atoms with Crippen LogP contribution in [-0.4, -0.2) is 43.6 Å². The first kappa shape index (κ1) is 21.8. The van der Waals surface area contributed by atoms with Crippen molar-refractivity contribution in [2.75, 3.05) is 13.7 Å². The highest BCUT2D eigenvalue weighted by Crippen LogP contribution is 2.54. The monoisotopic (exact) mass is 401 g/mol. The van der Waals surface area contributed by atoms with Gasteiger partial charge in [-0.2, -0.15) is 0 Å². The Bertz CT molecular complexity index is 686. The highest BCUT2D eigenvalue weighted by Gasteiger charge is 2.49. The fraction of sp³-hybridized carbons (Fsp3) is 0.619. The minimum Gasteiger partial charge on any atom is -0.426 e. The third-order valence-corrected chi connectivity index (χ3v) is 6.75. The number of hydrogen-bond acceptors (Lipinski definition) is 5. The van der Waals surface area contributed by atoms with Crippen LogP contribution >= 0.6 is 0 Å². The number of nitrogens with one attached hydrogen (secondary N) is 1. The SMILES string of the molecule is COC12CCC(c3ccc(C(=O)NOB(O)CCCCN=CN)cc3)(CC1)CC2. The van der Waals surface area contributed by atoms with Crippen molar-refractivity contribution in [2.24, 2.45) is 10.7 Å². The molecule has 0 aliphatic heterocycles. The Labute approximate surface area is 173 Å². The molecule has 3 fully saturated rings. The molecule has 0 unspecified atom stereocenters. The minimum absolute atomic E-state index is 0.0946. The van der Waals surface area contributed by atoms with Gasteiger partial charge in [0.2, 0.25) is 0 Å². The molecule has 1 amide bonds. The lowest BCUT2D eigenvalue weighted by Crippen LogP contribution is -2.49. The molecule has 4 N–H and O–H groups in total. The molecule has 0 atom stereocenters. The van der Waals surface area contributed by atoms with Crippen molar-refractivity contribution >= 4 is 19.4 Å². The van der Waals surface area contributed by atoms with E-state index in [1.807, 2.05) is 19.2 Å². The summed E-state index contributed by atoms with van der Waals surface area (Å²) < 4.78 is 10.8. The number of nitrogens with zero attached hydrogens (tertiary/aromatic N) is 1. The number of fused-ring (bicyclic) bond motifs is 3. The Morgan fingerprint density at radius 3 is 2.45 bits per heavy atom. The standard InChI is InChI=1S/C21H32BN3O4/c1-28-21-11-8-20(9-12-21,10-13-21)18-6-4-17(5-7-18)19(26)25-29-22(27)14-2-3-15-24-16-23/h4-7,16,27H,2-3,8-15H2,1H3,(H2,23,24)(H,25,26). The van der Waals surface area contributed by atoms with Crippen LogP contribution in [0.5, 0.6) is 0 Å². The lowest BCUT2D eigenvalue weighted by molar-refractivity contribution is -0.0955. The molecule has 0 saturated heterocycles. The smallest absolute Gasteiger partial charge is 0.426 e. The van der Waals surface area contributed by atoms with Gasteiger partial charge in [0.1, 0.15) is 0 Å². The largest absolute Gasteiger partial charge is 0.479 e. The number of rotatable bonds is 10. The number of hydrogen-bond donors (Lipinski definition) is 3. The van der Waals surface area contributed by atoms with Crippen molar-refractivity contribution in [2.45, 2.75) is 68.7 Å². The van der Waals surface area contributed by atoms with E-state index in [2.05, 4.69) is 22.6 Å². The van der Waals surface area contributed by atoms with E-state index in [-0.39, 0.29) is 16.9 Å². The fourth-order valence-corrected chi connectivity index (χ4v) is 4.70. The van der Waals surface area contributed by atoms with E-state index in [9.17, 15) is 9.82 Å². The lowest BCUT2D eigenvalue weighted by Gasteiger charge is -2.53. The molecule has 7 nitrogen and oxygen atoms in total. The van der Waals surface area contributed by atoms with Gasteiger partial charge in [0, 0.05) is 19.2 Å². The lowest BCUT2D eigenvalue weighted by atomic mass is 9.56. The molecule has 4 rings (SSSR count). The number of amides is 1. The van der Waals surface area contributed by atoms with E-state index in [1.54, 1.807) is 0 Å². The number of ether oxygens (including phenoxy) is 1. The number of hydroxylamine groups is 1. The molecule has 0 heterocycles. The molecular formula is C21H32BN3O4. The molecule has 1 aromatic carbocycles. The van der Waals surface area contributed by atoms with Gasteiger partial charge in [-0.15, -0.1) is 0 Å². The van der Waals surface area contributed by atoms with Gasteiger partial charge in [0.05, 0.1) is 11.9 Å². The predicted molar refractivity (Wildman–Crippen MR) is 114 cm³/mol. The zero-order chi connectivity index (χ0) is 20.7. The van der Waals surface area contributed by atoms with E-state index in [0.29, 0.717) is 18.4 Å². The van der Waals surface area contributed by atoms with Gasteiger partial charge >= 0.3 is 7.12 Å². The second kappa shape index (κ2) is 9.74. The normalized spacial score (nSPS) is 26.0. The third-order valence-electron chi connectivity index (χ3n) is 6.75. The van der Waals surface area contributed by atoms with Gasteiger partial charge in [-0.05, 0) is 74.4 Å². The van der Waals surface area contributed by atoms with Crippen LogP contribution in [0.2, 0.25) is 6.32 Å². The maximum absolute atomic E-state index is 12.3. The van der Waals surface area contributed by atoms with Crippen molar-refractivity contribution < 1.29 is 19.3 Å². The Morgan fingerprint density at radius 2 is 1.86 bits per heavy atom. The molecule has 0 radical (unpaired) electrons. The number of carbonyl (C=O) groups is 1. The molecule has 8 heteroatoms. The fourth-order valence-electron chi connectivity index (χ4n) is 4.70. The van der Waals surface area contributed by atoms with Crippen LogP contribution in [0, 0.1) is 0 Å². The molecule has 0 aromatic heterocycles. The van der Waals surface area contributed by atoms with E-state index in [4.69, 9.17) is 15.2 Å². The minimum atomic E-state index is -1.04. The van der Waals surface area contributed by atoms with Crippen molar-refractivity contribution in [1.29, 1.82) is 0 Å². The summed E-state index contributed by atoms with van der Waals surface area (Å²) in [5.74, 6) is -0.355. The molecule has 3 saturated carbocycles. The van der Waals surface area contributed by atoms with Crippen LogP contribution < -0.4 is 11.2 Å². The summed E-state index contributed by atoms with van der Waals surface area (Å²) in [6.45, 7) is 0.621. The maximum atomic E-state index is 12.3. The van der Waals surface area contributed by atoms with Gasteiger partial charge in [-0.1, -0.05) is 18.6 Å². The van der Waals surface area contributed by atoms with Crippen molar-refractivity contribution in [3.8, 4) is 0 Å². The number of methoxy groups -OCH3 is 1. The van der Waals surface area contributed by atoms with Crippen molar-refractivity contribution in [3.63, 3.8) is 0 Å². The summed E-state index contributed by atoms with van der Waals surface area (Å²) in [5.41, 5.74) is 9.65. The molecule has 158 valence electrons. The molecular weight excluding hydrogens is 369 g/mol. The van der Waals surface area contributed by atoms with E-state index in [0.717, 1.165) is 51.4 Å². The molecule has 2 bridgehead atoms. The summed E-state index contributed by atoms with van der Waals surface area (Å²) >= 11 is 0. The van der Waals surface area contributed by atoms with Crippen LogP contribution in [0.4, 0.5) is 0 Å². The molecule has 3 aliphatic carbocycles. The predicted octanol–water partition coefficient (Wildman–Crippen LogP) is 2.59. The van der Waals surface area contributed by atoms with Crippen molar-refractivity contribution in [1.82, 2.24) is 5.48 Å². The van der Waals surface area contributed by atoms with Crippen LogP contribution in [0.25, 0.3) is 0 Å². The van der Waals surface area contributed by atoms with Crippen LogP contribution in [0.3, 0.4) is 0 Å². The number of carbonyl (C=O) groups excluding carboxylic acids is 1. The highest BCUT2D eigenvalue weighted by atomic mass is 16.7. The van der Waals surface area contributed by atoms with E-state index < -0.39 is 7.12 Å². The number of aliphatic imine (C=N–C) groups is 1. The summed E-state index contributed by atoms with van der Waals surface area (Å²) in [5, 5.41) is 9.82. The zero-order valence-electron chi connectivity index (χ0n) is 17.2. The third kappa shape index (κ3) is 5.18. The molecule has 29 heavy (non-hydrogen) atoms. The average molecular weight is 401 g/mol. The van der Waals surface area contributed by atoms with Gasteiger partial charge < -0.3 is 15.5 Å². The topological polar surface area (TPSA) is 106 Å². The molecule has 0 spiro atoms. The van der Waals surface area contributed by atoms with Gasteiger partial charge in [0.25, 0.3) is 5.91 Å². The zero-order valence-corrected chi connectivity index (χ0v) is 17.2. The number of unbranched alkanes of at least 4 members (excludes halogenated alkanes) is 1. The van der Waals surface area contributed by atoms with Crippen LogP contribution in [0.1, 0.15) is 67.3 Å². The Balaban J connectivity index is 1.47. The molecule has 3 aliphatic rings. The second-order valence-electron chi connectivity index (χ2n) is 8.30. The average Bonchev–Trinajstić information content (AvgIpc) is 2.78. The summed E-state index contributed by atoms with van der Waals surface area (Å²) in [7, 11) is 0.797. The maximum Gasteiger partial charge on any atom is 0.479 e. The summed E-state index contributed by atoms with van der Waals surface area (Å²) in [6.07, 6.45) is 9.96.